The van der Waals surface area contributed by atoms with Gasteiger partial charge in [0.1, 0.15) is 0 Å². The lowest BCUT2D eigenvalue weighted by molar-refractivity contribution is 0.0937. The van der Waals surface area contributed by atoms with Crippen molar-refractivity contribution in [3.05, 3.63) is 71.1 Å². The van der Waals surface area contributed by atoms with Crippen LogP contribution in [0, 0.1) is 0 Å². The quantitative estimate of drug-likeness (QED) is 0.687. The highest BCUT2D eigenvalue weighted by Gasteiger charge is 2.25. The first-order valence-corrected chi connectivity index (χ1v) is 8.49. The Labute approximate surface area is 146 Å². The summed E-state index contributed by atoms with van der Waals surface area (Å²) in [6.45, 7) is 0.355. The SMILES string of the molecule is NC[C@@H](NC(=O)c1cc2c[nH]nc3c-2c1CCC=C3)c1ccccc1. The zero-order chi connectivity index (χ0) is 17.2. The highest BCUT2D eigenvalue weighted by Crippen LogP contribution is 2.36. The van der Waals surface area contributed by atoms with Crippen LogP contribution in [0.4, 0.5) is 0 Å². The van der Waals surface area contributed by atoms with Gasteiger partial charge in [-0.05, 0) is 36.1 Å². The molecule has 0 bridgehead atoms. The van der Waals surface area contributed by atoms with Crippen molar-refractivity contribution in [2.75, 3.05) is 6.54 Å². The molecule has 126 valence electrons. The van der Waals surface area contributed by atoms with Gasteiger partial charge in [0.2, 0.25) is 0 Å². The molecule has 5 nitrogen and oxygen atoms in total. The predicted octanol–water partition coefficient (Wildman–Crippen LogP) is 2.90. The zero-order valence-electron chi connectivity index (χ0n) is 13.8. The lowest BCUT2D eigenvalue weighted by atomic mass is 10.0. The number of hydrogen-bond acceptors (Lipinski definition) is 3. The molecule has 0 saturated heterocycles. The van der Waals surface area contributed by atoms with Gasteiger partial charge < -0.3 is 11.1 Å². The van der Waals surface area contributed by atoms with Gasteiger partial charge in [-0.15, -0.1) is 0 Å². The summed E-state index contributed by atoms with van der Waals surface area (Å²) in [5.74, 6) is -0.0849. The average molecular weight is 332 g/mol. The molecule has 1 aromatic rings. The number of nitrogens with one attached hydrogen (secondary N) is 2. The number of benzene rings is 1. The molecule has 1 heterocycles. The number of amides is 1. The fraction of sp³-hybridized carbons (Fsp3) is 0.200. The van der Waals surface area contributed by atoms with Crippen molar-refractivity contribution in [3.8, 4) is 11.1 Å². The van der Waals surface area contributed by atoms with Gasteiger partial charge in [-0.1, -0.05) is 36.4 Å². The first kappa shape index (κ1) is 15.6. The first-order valence-electron chi connectivity index (χ1n) is 8.49. The van der Waals surface area contributed by atoms with E-state index < -0.39 is 0 Å². The van der Waals surface area contributed by atoms with Crippen LogP contribution in [0.3, 0.4) is 0 Å². The molecule has 1 aromatic carbocycles. The predicted molar refractivity (Wildman–Crippen MR) is 98.3 cm³/mol. The topological polar surface area (TPSA) is 83.8 Å². The summed E-state index contributed by atoms with van der Waals surface area (Å²) in [4.78, 5) is 13.0. The highest BCUT2D eigenvalue weighted by molar-refractivity contribution is 6.01. The molecule has 1 atom stereocenters. The Bertz CT molecular complexity index is 897. The van der Waals surface area contributed by atoms with E-state index >= 15 is 0 Å². The Morgan fingerprint density at radius 1 is 1.32 bits per heavy atom. The summed E-state index contributed by atoms with van der Waals surface area (Å²) < 4.78 is 0. The summed E-state index contributed by atoms with van der Waals surface area (Å²) in [6, 6.07) is 11.6. The Balaban J connectivity index is 1.69. The van der Waals surface area contributed by atoms with Crippen molar-refractivity contribution < 1.29 is 4.79 Å². The average Bonchev–Trinajstić information content (AvgIpc) is 2.89. The number of nitrogens with zero attached hydrogens (tertiary/aromatic N) is 1. The molecule has 0 spiro atoms. The number of nitrogens with two attached hydrogens (primary N) is 1. The van der Waals surface area contributed by atoms with E-state index in [4.69, 9.17) is 5.73 Å². The van der Waals surface area contributed by atoms with Gasteiger partial charge in [0.25, 0.3) is 5.91 Å². The smallest absolute Gasteiger partial charge is 0.252 e. The van der Waals surface area contributed by atoms with Gasteiger partial charge in [0, 0.05) is 29.4 Å². The number of carbonyl (C=O) groups is 1. The van der Waals surface area contributed by atoms with Gasteiger partial charge in [0.05, 0.1) is 11.7 Å². The number of H-pyrrole nitrogens is 1. The molecule has 25 heavy (non-hydrogen) atoms. The Kier molecular flexibility index (Phi) is 4.07. The molecule has 0 aromatic heterocycles. The maximum Gasteiger partial charge on any atom is 0.252 e. The molecule has 2 aliphatic carbocycles. The lowest BCUT2D eigenvalue weighted by Crippen LogP contribution is -2.33. The maximum absolute atomic E-state index is 13.0. The van der Waals surface area contributed by atoms with Crippen molar-refractivity contribution in [1.82, 2.24) is 15.5 Å². The van der Waals surface area contributed by atoms with Crippen molar-refractivity contribution in [2.24, 2.45) is 5.73 Å². The molecule has 0 saturated carbocycles. The van der Waals surface area contributed by atoms with E-state index in [0.29, 0.717) is 6.54 Å². The van der Waals surface area contributed by atoms with Crippen LogP contribution in [-0.4, -0.2) is 22.6 Å². The normalized spacial score (nSPS) is 14.3. The number of rotatable bonds is 4. The molecule has 1 amide bonds. The third-order valence-electron chi connectivity index (χ3n) is 4.70. The van der Waals surface area contributed by atoms with Crippen LogP contribution in [0.15, 0.2) is 48.7 Å². The second-order valence-electron chi connectivity index (χ2n) is 6.25. The van der Waals surface area contributed by atoms with Crippen LogP contribution in [0.25, 0.3) is 17.2 Å². The van der Waals surface area contributed by atoms with Crippen LogP contribution in [0.2, 0.25) is 0 Å². The van der Waals surface area contributed by atoms with Gasteiger partial charge in [-0.3, -0.25) is 9.89 Å². The number of allylic oxidation sites excluding steroid dienone is 1. The largest absolute Gasteiger partial charge is 0.344 e. The number of carbonyl (C=O) groups excluding carboxylic acids is 1. The molecular weight excluding hydrogens is 312 g/mol. The van der Waals surface area contributed by atoms with E-state index in [1.807, 2.05) is 48.7 Å². The fourth-order valence-corrected chi connectivity index (χ4v) is 3.47. The van der Waals surface area contributed by atoms with Gasteiger partial charge in [-0.25, -0.2) is 0 Å². The summed E-state index contributed by atoms with van der Waals surface area (Å²) in [6.07, 6.45) is 7.69. The van der Waals surface area contributed by atoms with Crippen LogP contribution >= 0.6 is 0 Å². The van der Waals surface area contributed by atoms with E-state index in [9.17, 15) is 4.79 Å². The summed E-state index contributed by atoms with van der Waals surface area (Å²) in [5.41, 5.74) is 11.7. The fourth-order valence-electron chi connectivity index (χ4n) is 3.47. The molecule has 0 radical (unpaired) electrons. The Hall–Kier alpha value is -2.92. The van der Waals surface area contributed by atoms with E-state index in [1.54, 1.807) is 0 Å². The van der Waals surface area contributed by atoms with Gasteiger partial charge in [-0.2, -0.15) is 5.10 Å². The van der Waals surface area contributed by atoms with E-state index in [0.717, 1.165) is 46.4 Å². The third-order valence-corrected chi connectivity index (χ3v) is 4.70. The monoisotopic (exact) mass is 332 g/mol. The van der Waals surface area contributed by atoms with Crippen molar-refractivity contribution >= 4 is 12.0 Å². The number of aromatic nitrogens is 2. The molecule has 0 fully saturated rings. The molecule has 4 N–H and O–H groups in total. The van der Waals surface area contributed by atoms with Crippen LogP contribution in [0.5, 0.6) is 0 Å². The summed E-state index contributed by atoms with van der Waals surface area (Å²) in [7, 11) is 0. The van der Waals surface area contributed by atoms with Gasteiger partial charge >= 0.3 is 0 Å². The second kappa shape index (κ2) is 6.53. The van der Waals surface area contributed by atoms with E-state index in [-0.39, 0.29) is 11.9 Å². The minimum absolute atomic E-state index is 0.0849. The minimum atomic E-state index is -0.202. The van der Waals surface area contributed by atoms with Crippen molar-refractivity contribution in [3.63, 3.8) is 0 Å². The second-order valence-corrected chi connectivity index (χ2v) is 6.25. The van der Waals surface area contributed by atoms with Gasteiger partial charge in [0.15, 0.2) is 0 Å². The van der Waals surface area contributed by atoms with E-state index in [1.165, 1.54) is 0 Å². The lowest BCUT2D eigenvalue weighted by Gasteiger charge is -2.17. The molecule has 4 rings (SSSR count). The van der Waals surface area contributed by atoms with Crippen LogP contribution in [-0.2, 0) is 6.42 Å². The molecule has 5 heteroatoms. The summed E-state index contributed by atoms with van der Waals surface area (Å²) in [5, 5.41) is 10.3. The molecular formula is C20H20N4O. The van der Waals surface area contributed by atoms with Crippen LogP contribution in [0.1, 0.15) is 39.6 Å². The minimum Gasteiger partial charge on any atom is -0.344 e. The zero-order valence-corrected chi connectivity index (χ0v) is 13.8. The van der Waals surface area contributed by atoms with E-state index in [2.05, 4.69) is 21.6 Å². The molecule has 3 aliphatic rings. The first-order chi connectivity index (χ1) is 12.3. The molecule has 1 aliphatic heterocycles. The van der Waals surface area contributed by atoms with Crippen molar-refractivity contribution in [1.29, 1.82) is 0 Å². The highest BCUT2D eigenvalue weighted by atomic mass is 16.1. The standard InChI is InChI=1S/C20H20N4O/c21-11-18(13-6-2-1-3-7-13)23-20(25)16-10-14-12-22-24-17-9-5-4-8-15(16)19(14)17/h1-3,5-7,9-10,12,18,22H,4,8,11,21H2,(H,23,25)/t18-/m1/s1. The van der Waals surface area contributed by atoms with Crippen LogP contribution < -0.4 is 11.1 Å². The molecule has 0 unspecified atom stereocenters. The number of aromatic amines is 1. The number of hydrogen-bond donors (Lipinski definition) is 3. The van der Waals surface area contributed by atoms with Crippen molar-refractivity contribution in [2.45, 2.75) is 18.9 Å². The summed E-state index contributed by atoms with van der Waals surface area (Å²) >= 11 is 0. The Morgan fingerprint density at radius 2 is 2.16 bits per heavy atom. The third kappa shape index (κ3) is 2.83. The maximum atomic E-state index is 13.0. The Morgan fingerprint density at radius 3 is 2.96 bits per heavy atom.